The predicted octanol–water partition coefficient (Wildman–Crippen LogP) is 2.97. The average Bonchev–Trinajstić information content (AvgIpc) is 2.41. The van der Waals surface area contributed by atoms with Gasteiger partial charge in [0, 0.05) is 11.1 Å². The van der Waals surface area contributed by atoms with Gasteiger partial charge in [-0.2, -0.15) is 0 Å². The van der Waals surface area contributed by atoms with Gasteiger partial charge in [-0.1, -0.05) is 12.1 Å². The second-order valence-corrected chi connectivity index (χ2v) is 3.99. The van der Waals surface area contributed by atoms with Crippen molar-refractivity contribution in [3.63, 3.8) is 0 Å². The van der Waals surface area contributed by atoms with Crippen molar-refractivity contribution in [3.05, 3.63) is 42.2 Å². The molecule has 1 N–H and O–H groups in total. The van der Waals surface area contributed by atoms with E-state index in [0.717, 1.165) is 0 Å². The van der Waals surface area contributed by atoms with E-state index in [0.29, 0.717) is 35.8 Å². The lowest BCUT2D eigenvalue weighted by Gasteiger charge is -2.21. The molecule has 0 amide bonds. The molecule has 0 radical (unpaired) electrons. The van der Waals surface area contributed by atoms with Gasteiger partial charge in [0.2, 0.25) is 0 Å². The summed E-state index contributed by atoms with van der Waals surface area (Å²) < 4.78 is 24.3. The van der Waals surface area contributed by atoms with E-state index in [2.05, 4.69) is 0 Å². The molecule has 92 valence electrons. The van der Waals surface area contributed by atoms with Gasteiger partial charge in [0.25, 0.3) is 0 Å². The fourth-order valence-corrected chi connectivity index (χ4v) is 2.01. The van der Waals surface area contributed by atoms with Crippen molar-refractivity contribution in [3.8, 4) is 28.4 Å². The normalized spacial score (nSPS) is 13.4. The number of hydrogen-bond acceptors (Lipinski definition) is 3. The minimum absolute atomic E-state index is 0.0129. The predicted molar refractivity (Wildman–Crippen MR) is 64.5 cm³/mol. The topological polar surface area (TPSA) is 38.7 Å². The largest absolute Gasteiger partial charge is 0.507 e. The number of aromatic hydroxyl groups is 1. The summed E-state index contributed by atoms with van der Waals surface area (Å²) in [5.74, 6) is 0.767. The number of phenolic OH excluding ortho intramolecular Hbond substituents is 1. The van der Waals surface area contributed by atoms with Crippen LogP contribution in [0.25, 0.3) is 11.1 Å². The van der Waals surface area contributed by atoms with E-state index >= 15 is 0 Å². The molecule has 0 atom stereocenters. The van der Waals surface area contributed by atoms with Crippen LogP contribution in [-0.4, -0.2) is 18.3 Å². The first kappa shape index (κ1) is 10.9. The second-order valence-electron chi connectivity index (χ2n) is 3.99. The molecule has 2 aromatic rings. The van der Waals surface area contributed by atoms with Gasteiger partial charge in [-0.15, -0.1) is 0 Å². The molecule has 0 bridgehead atoms. The lowest BCUT2D eigenvalue weighted by Crippen LogP contribution is -2.15. The fourth-order valence-electron chi connectivity index (χ4n) is 2.01. The zero-order valence-corrected chi connectivity index (χ0v) is 9.52. The summed E-state index contributed by atoms with van der Waals surface area (Å²) in [7, 11) is 0. The van der Waals surface area contributed by atoms with Gasteiger partial charge in [-0.3, -0.25) is 0 Å². The van der Waals surface area contributed by atoms with Crippen LogP contribution in [0, 0.1) is 5.82 Å². The first-order valence-corrected chi connectivity index (χ1v) is 5.63. The van der Waals surface area contributed by atoms with Crippen molar-refractivity contribution in [1.82, 2.24) is 0 Å². The summed E-state index contributed by atoms with van der Waals surface area (Å²) in [4.78, 5) is 0. The molecule has 0 saturated carbocycles. The van der Waals surface area contributed by atoms with Gasteiger partial charge >= 0.3 is 0 Å². The molecule has 18 heavy (non-hydrogen) atoms. The minimum Gasteiger partial charge on any atom is -0.507 e. The molecule has 1 heterocycles. The van der Waals surface area contributed by atoms with E-state index in [-0.39, 0.29) is 5.75 Å². The van der Waals surface area contributed by atoms with Gasteiger partial charge in [0.05, 0.1) is 0 Å². The first-order chi connectivity index (χ1) is 8.75. The molecule has 3 rings (SSSR count). The highest BCUT2D eigenvalue weighted by Gasteiger charge is 2.18. The minimum atomic E-state index is -0.405. The number of hydrogen-bond donors (Lipinski definition) is 1. The number of halogens is 1. The lowest BCUT2D eigenvalue weighted by molar-refractivity contribution is 0.172. The Kier molecular flexibility index (Phi) is 2.55. The highest BCUT2D eigenvalue weighted by Crippen LogP contribution is 2.42. The van der Waals surface area contributed by atoms with Crippen molar-refractivity contribution in [2.24, 2.45) is 0 Å². The van der Waals surface area contributed by atoms with Gasteiger partial charge in [0.1, 0.15) is 24.8 Å². The molecule has 0 aliphatic carbocycles. The fraction of sp³-hybridized carbons (Fsp3) is 0.143. The molecule has 0 aromatic heterocycles. The zero-order valence-electron chi connectivity index (χ0n) is 9.52. The second kappa shape index (κ2) is 4.22. The number of para-hydroxylation sites is 1. The maximum Gasteiger partial charge on any atom is 0.169 e. The summed E-state index contributed by atoms with van der Waals surface area (Å²) in [6.07, 6.45) is 0. The van der Waals surface area contributed by atoms with Gasteiger partial charge in [-0.25, -0.2) is 4.39 Å². The quantitative estimate of drug-likeness (QED) is 0.840. The highest BCUT2D eigenvalue weighted by molar-refractivity contribution is 5.78. The first-order valence-electron chi connectivity index (χ1n) is 5.63. The third-order valence-corrected chi connectivity index (χ3v) is 2.81. The van der Waals surface area contributed by atoms with Crippen LogP contribution < -0.4 is 9.47 Å². The lowest BCUT2D eigenvalue weighted by atomic mass is 10.0. The number of benzene rings is 2. The van der Waals surface area contributed by atoms with Crippen molar-refractivity contribution < 1.29 is 19.0 Å². The van der Waals surface area contributed by atoms with Crippen LogP contribution in [0.15, 0.2) is 36.4 Å². The number of rotatable bonds is 1. The molecule has 1 aliphatic rings. The Morgan fingerprint density at radius 1 is 1.00 bits per heavy atom. The maximum absolute atomic E-state index is 13.3. The molecule has 0 fully saturated rings. The van der Waals surface area contributed by atoms with Crippen LogP contribution in [0.2, 0.25) is 0 Å². The molecule has 0 saturated heterocycles. The molecule has 0 spiro atoms. The SMILES string of the molecule is Oc1ccc(F)cc1-c1cccc2c1OCCO2. The molecule has 3 nitrogen and oxygen atoms in total. The van der Waals surface area contributed by atoms with Crippen LogP contribution >= 0.6 is 0 Å². The molecule has 1 aliphatic heterocycles. The summed E-state index contributed by atoms with van der Waals surface area (Å²) in [5.41, 5.74) is 1.03. The van der Waals surface area contributed by atoms with Gasteiger partial charge < -0.3 is 14.6 Å². The Balaban J connectivity index is 2.19. The van der Waals surface area contributed by atoms with E-state index < -0.39 is 5.82 Å². The average molecular weight is 246 g/mol. The van der Waals surface area contributed by atoms with E-state index in [1.807, 2.05) is 0 Å². The molecular formula is C14H11FO3. The summed E-state index contributed by atoms with van der Waals surface area (Å²) >= 11 is 0. The Bertz CT molecular complexity index is 596. The van der Waals surface area contributed by atoms with Crippen LogP contribution in [0.1, 0.15) is 0 Å². The monoisotopic (exact) mass is 246 g/mol. The van der Waals surface area contributed by atoms with Crippen molar-refractivity contribution in [1.29, 1.82) is 0 Å². The van der Waals surface area contributed by atoms with Crippen LogP contribution in [0.3, 0.4) is 0 Å². The van der Waals surface area contributed by atoms with E-state index in [1.54, 1.807) is 18.2 Å². The van der Waals surface area contributed by atoms with Gasteiger partial charge in [-0.05, 0) is 24.3 Å². The third-order valence-electron chi connectivity index (χ3n) is 2.81. The Hall–Kier alpha value is -2.23. The standard InChI is InChI=1S/C14H11FO3/c15-9-4-5-12(16)11(8-9)10-2-1-3-13-14(10)18-7-6-17-13/h1-5,8,16H,6-7H2. The number of phenols is 1. The molecule has 2 aromatic carbocycles. The van der Waals surface area contributed by atoms with E-state index in [4.69, 9.17) is 9.47 Å². The van der Waals surface area contributed by atoms with E-state index in [1.165, 1.54) is 18.2 Å². The third kappa shape index (κ3) is 1.76. The Morgan fingerprint density at radius 3 is 2.72 bits per heavy atom. The summed E-state index contributed by atoms with van der Waals surface area (Å²) in [6.45, 7) is 0.936. The van der Waals surface area contributed by atoms with Gasteiger partial charge in [0.15, 0.2) is 11.5 Å². The zero-order chi connectivity index (χ0) is 12.5. The Morgan fingerprint density at radius 2 is 1.83 bits per heavy atom. The van der Waals surface area contributed by atoms with Crippen LogP contribution in [0.4, 0.5) is 4.39 Å². The van der Waals surface area contributed by atoms with Crippen LogP contribution in [-0.2, 0) is 0 Å². The molecule has 0 unspecified atom stereocenters. The molecule has 4 heteroatoms. The van der Waals surface area contributed by atoms with Crippen LogP contribution in [0.5, 0.6) is 17.2 Å². The van der Waals surface area contributed by atoms with Crippen molar-refractivity contribution in [2.75, 3.05) is 13.2 Å². The van der Waals surface area contributed by atoms with E-state index in [9.17, 15) is 9.50 Å². The highest BCUT2D eigenvalue weighted by atomic mass is 19.1. The molecular weight excluding hydrogens is 235 g/mol. The summed E-state index contributed by atoms with van der Waals surface area (Å²) in [5, 5.41) is 9.83. The maximum atomic E-state index is 13.3. The Labute approximate surface area is 103 Å². The smallest absolute Gasteiger partial charge is 0.169 e. The van der Waals surface area contributed by atoms with Crippen molar-refractivity contribution in [2.45, 2.75) is 0 Å². The number of fused-ring (bicyclic) bond motifs is 1. The number of ether oxygens (including phenoxy) is 2. The summed E-state index contributed by atoms with van der Waals surface area (Å²) in [6, 6.07) is 9.16. The van der Waals surface area contributed by atoms with Crippen molar-refractivity contribution >= 4 is 0 Å².